The van der Waals surface area contributed by atoms with E-state index in [1.165, 1.54) is 12.8 Å². The fourth-order valence-electron chi connectivity index (χ4n) is 3.98. The molecule has 0 aliphatic carbocycles. The van der Waals surface area contributed by atoms with Crippen LogP contribution in [0, 0.1) is 11.7 Å². The van der Waals surface area contributed by atoms with E-state index in [9.17, 15) is 0 Å². The molecule has 0 atom stereocenters. The highest BCUT2D eigenvalue weighted by molar-refractivity contribution is 6.74. The van der Waals surface area contributed by atoms with Gasteiger partial charge in [0, 0.05) is 25.3 Å². The van der Waals surface area contributed by atoms with Crippen molar-refractivity contribution in [3.8, 4) is 0 Å². The summed E-state index contributed by atoms with van der Waals surface area (Å²) in [6.07, 6.45) is 4.68. The fourth-order valence-corrected chi connectivity index (χ4v) is 4.93. The third-order valence-corrected chi connectivity index (χ3v) is 11.7. The number of hydrogen-bond acceptors (Lipinski definition) is 4. The minimum absolute atomic E-state index is 0.120. The van der Waals surface area contributed by atoms with E-state index in [1.54, 1.807) is 0 Å². The molecular weight excluding hydrogens is 395 g/mol. The van der Waals surface area contributed by atoms with E-state index in [1.807, 2.05) is 18.2 Å². The van der Waals surface area contributed by atoms with Gasteiger partial charge in [-0.25, -0.2) is 4.39 Å². The zero-order valence-corrected chi connectivity index (χ0v) is 20.6. The second kappa shape index (κ2) is 10.1. The minimum atomic E-state index is -1.90. The Morgan fingerprint density at radius 1 is 1.10 bits per heavy atom. The van der Waals surface area contributed by atoms with Crippen molar-refractivity contribution < 1.29 is 13.6 Å². The molecule has 1 aromatic carbocycles. The molecule has 1 N–H and O–H groups in total. The monoisotopic (exact) mass is 436 g/mol. The number of rotatable bonds is 7. The summed E-state index contributed by atoms with van der Waals surface area (Å²) < 4.78 is 27.7. The molecule has 170 valence electrons. The van der Waals surface area contributed by atoms with Gasteiger partial charge < -0.3 is 19.4 Å². The minimum Gasteiger partial charge on any atom is -0.412 e. The van der Waals surface area contributed by atoms with Gasteiger partial charge in [-0.05, 0) is 68.9 Å². The van der Waals surface area contributed by atoms with Gasteiger partial charge in [-0.15, -0.1) is 0 Å². The number of nitrogens with one attached hydrogen (secondary N) is 1. The summed E-state index contributed by atoms with van der Waals surface area (Å²) in [7, 11) is -1.90. The maximum atomic E-state index is 15.3. The average Bonchev–Trinajstić information content (AvgIpc) is 2.72. The average molecular weight is 437 g/mol. The third-order valence-electron chi connectivity index (χ3n) is 7.26. The molecule has 30 heavy (non-hydrogen) atoms. The van der Waals surface area contributed by atoms with E-state index in [0.717, 1.165) is 45.6 Å². The van der Waals surface area contributed by atoms with Crippen molar-refractivity contribution in [2.75, 3.05) is 37.7 Å². The Kier molecular flexibility index (Phi) is 7.99. The molecule has 0 spiro atoms. The lowest BCUT2D eigenvalue weighted by Crippen LogP contribution is -2.40. The fraction of sp³-hybridized carbons (Fsp3) is 0.750. The first-order valence-corrected chi connectivity index (χ1v) is 14.6. The molecule has 0 saturated carbocycles. The first kappa shape index (κ1) is 23.7. The van der Waals surface area contributed by atoms with E-state index < -0.39 is 8.32 Å². The highest BCUT2D eigenvalue weighted by atomic mass is 28.4. The lowest BCUT2D eigenvalue weighted by Gasteiger charge is -2.36. The van der Waals surface area contributed by atoms with Crippen LogP contribution in [0.15, 0.2) is 18.2 Å². The van der Waals surface area contributed by atoms with Crippen molar-refractivity contribution in [2.45, 2.75) is 77.3 Å². The normalized spacial score (nSPS) is 20.0. The smallest absolute Gasteiger partial charge is 0.192 e. The Balaban J connectivity index is 1.52. The number of halogens is 1. The van der Waals surface area contributed by atoms with Crippen LogP contribution < -0.4 is 10.2 Å². The zero-order valence-electron chi connectivity index (χ0n) is 19.6. The molecule has 2 saturated heterocycles. The quantitative estimate of drug-likeness (QED) is 0.586. The highest BCUT2D eigenvalue weighted by Gasteiger charge is 2.37. The molecule has 0 amide bonds. The van der Waals surface area contributed by atoms with Crippen molar-refractivity contribution in [1.29, 1.82) is 0 Å². The van der Waals surface area contributed by atoms with E-state index in [0.29, 0.717) is 29.9 Å². The summed E-state index contributed by atoms with van der Waals surface area (Å²) in [4.78, 5) is 2.18. The van der Waals surface area contributed by atoms with Gasteiger partial charge in [0.25, 0.3) is 0 Å². The van der Waals surface area contributed by atoms with Gasteiger partial charge in [-0.2, -0.15) is 0 Å². The molecule has 0 bridgehead atoms. The van der Waals surface area contributed by atoms with E-state index in [2.05, 4.69) is 44.1 Å². The van der Waals surface area contributed by atoms with Crippen LogP contribution in [0.5, 0.6) is 0 Å². The Hall–Kier alpha value is -0.953. The van der Waals surface area contributed by atoms with Crippen molar-refractivity contribution in [2.24, 2.45) is 5.92 Å². The van der Waals surface area contributed by atoms with Gasteiger partial charge in [0.15, 0.2) is 14.1 Å². The molecule has 0 unspecified atom stereocenters. The summed E-state index contributed by atoms with van der Waals surface area (Å²) in [6, 6.07) is 5.73. The zero-order chi connectivity index (χ0) is 21.8. The third kappa shape index (κ3) is 6.06. The second-order valence-corrected chi connectivity index (χ2v) is 15.3. The summed E-state index contributed by atoms with van der Waals surface area (Å²) in [6.45, 7) is 16.2. The molecule has 2 aliphatic heterocycles. The van der Waals surface area contributed by atoms with Gasteiger partial charge in [0.2, 0.25) is 0 Å². The molecule has 0 radical (unpaired) electrons. The largest absolute Gasteiger partial charge is 0.412 e. The predicted molar refractivity (Wildman–Crippen MR) is 125 cm³/mol. The Morgan fingerprint density at radius 3 is 2.40 bits per heavy atom. The first-order chi connectivity index (χ1) is 14.2. The predicted octanol–water partition coefficient (Wildman–Crippen LogP) is 5.33. The van der Waals surface area contributed by atoms with E-state index in [-0.39, 0.29) is 10.9 Å². The summed E-state index contributed by atoms with van der Waals surface area (Å²) in [5.74, 6) is 0.574. The van der Waals surface area contributed by atoms with Crippen molar-refractivity contribution in [1.82, 2.24) is 5.32 Å². The van der Waals surface area contributed by atoms with Gasteiger partial charge in [0.1, 0.15) is 0 Å². The van der Waals surface area contributed by atoms with Crippen LogP contribution in [0.3, 0.4) is 0 Å². The number of piperidine rings is 2. The van der Waals surface area contributed by atoms with Crippen LogP contribution >= 0.6 is 0 Å². The SMILES string of the molecule is CC(C)(C)[Si](C)(C)OCc1cccc(N2CCC(OCC3CCNCC3)CC2)c1F. The van der Waals surface area contributed by atoms with Gasteiger partial charge >= 0.3 is 0 Å². The Labute approximate surface area is 183 Å². The summed E-state index contributed by atoms with van der Waals surface area (Å²) >= 11 is 0. The van der Waals surface area contributed by atoms with Crippen LogP contribution in [0.4, 0.5) is 10.1 Å². The molecule has 2 fully saturated rings. The standard InChI is InChI=1S/C24H41FN2O2Si/c1-24(2,3)30(4,5)29-18-20-7-6-8-22(23(20)25)27-15-11-21(12-16-27)28-17-19-9-13-26-14-10-19/h6-8,19,21,26H,9-18H2,1-5H3. The molecule has 0 aromatic heterocycles. The van der Waals surface area contributed by atoms with Crippen molar-refractivity contribution >= 4 is 14.0 Å². The molecule has 2 aliphatic rings. The maximum Gasteiger partial charge on any atom is 0.192 e. The number of benzene rings is 1. The van der Waals surface area contributed by atoms with Crippen molar-refractivity contribution in [3.05, 3.63) is 29.6 Å². The Morgan fingerprint density at radius 2 is 1.77 bits per heavy atom. The summed E-state index contributed by atoms with van der Waals surface area (Å²) in [5, 5.41) is 3.53. The van der Waals surface area contributed by atoms with E-state index >= 15 is 4.39 Å². The number of hydrogen-bond donors (Lipinski definition) is 1. The Bertz CT molecular complexity index is 678. The van der Waals surface area contributed by atoms with Crippen LogP contribution in [0.25, 0.3) is 0 Å². The van der Waals surface area contributed by atoms with Crippen LogP contribution in [0.2, 0.25) is 18.1 Å². The summed E-state index contributed by atoms with van der Waals surface area (Å²) in [5.41, 5.74) is 1.38. The van der Waals surface area contributed by atoms with Crippen LogP contribution in [0.1, 0.15) is 52.0 Å². The van der Waals surface area contributed by atoms with Crippen LogP contribution in [-0.4, -0.2) is 47.2 Å². The van der Waals surface area contributed by atoms with Crippen molar-refractivity contribution in [3.63, 3.8) is 0 Å². The van der Waals surface area contributed by atoms with Gasteiger partial charge in [-0.3, -0.25) is 0 Å². The van der Waals surface area contributed by atoms with Crippen LogP contribution in [-0.2, 0) is 15.8 Å². The second-order valence-electron chi connectivity index (χ2n) is 10.5. The number of anilines is 1. The molecule has 3 rings (SSSR count). The highest BCUT2D eigenvalue weighted by Crippen LogP contribution is 2.37. The van der Waals surface area contributed by atoms with E-state index in [4.69, 9.17) is 9.16 Å². The molecular formula is C24H41FN2O2Si. The maximum absolute atomic E-state index is 15.3. The first-order valence-electron chi connectivity index (χ1n) is 11.7. The van der Waals surface area contributed by atoms with Gasteiger partial charge in [0.05, 0.1) is 18.4 Å². The topological polar surface area (TPSA) is 33.7 Å². The lowest BCUT2D eigenvalue weighted by atomic mass is 9.99. The molecule has 1 aromatic rings. The number of nitrogens with zero attached hydrogens (tertiary/aromatic N) is 1. The number of ether oxygens (including phenoxy) is 1. The molecule has 4 nitrogen and oxygen atoms in total. The molecule has 2 heterocycles. The van der Waals surface area contributed by atoms with Gasteiger partial charge in [-0.1, -0.05) is 32.9 Å². The lowest BCUT2D eigenvalue weighted by molar-refractivity contribution is 0.00942. The molecule has 6 heteroatoms.